The molecule has 2 atom stereocenters. The third-order valence-electron chi connectivity index (χ3n) is 4.43. The maximum atomic E-state index is 12.5. The molecule has 1 aromatic carbocycles. The average Bonchev–Trinajstić information content (AvgIpc) is 2.52. The summed E-state index contributed by atoms with van der Waals surface area (Å²) in [6.45, 7) is 4.87. The number of carbonyl (C=O) groups is 1. The minimum Gasteiger partial charge on any atom is -0.349 e. The van der Waals surface area contributed by atoms with Crippen LogP contribution in [0.4, 0.5) is 0 Å². The zero-order valence-electron chi connectivity index (χ0n) is 14.1. The quantitative estimate of drug-likeness (QED) is 0.895. The second kappa shape index (κ2) is 7.45. The predicted molar refractivity (Wildman–Crippen MR) is 91.5 cm³/mol. The standard InChI is InChI=1S/C17H26N2O3S/c1-4-16(14-9-7-13(2)8-10-14)18-17(20)15-6-5-11-19(12-15)23(3,21)22/h7-10,15-16H,4-6,11-12H2,1-3H3,(H,18,20)/t15-,16-/m0/s1. The minimum atomic E-state index is -3.23. The van der Waals surface area contributed by atoms with E-state index >= 15 is 0 Å². The average molecular weight is 338 g/mol. The third kappa shape index (κ3) is 4.78. The van der Waals surface area contributed by atoms with Crippen LogP contribution in [-0.2, 0) is 14.8 Å². The molecule has 0 unspecified atom stereocenters. The van der Waals surface area contributed by atoms with Crippen LogP contribution < -0.4 is 5.32 Å². The van der Waals surface area contributed by atoms with Crippen molar-refractivity contribution in [3.05, 3.63) is 35.4 Å². The van der Waals surface area contributed by atoms with Crippen molar-refractivity contribution < 1.29 is 13.2 Å². The zero-order chi connectivity index (χ0) is 17.0. The minimum absolute atomic E-state index is 0.0308. The molecule has 0 spiro atoms. The second-order valence-corrected chi connectivity index (χ2v) is 8.32. The van der Waals surface area contributed by atoms with Gasteiger partial charge in [0.05, 0.1) is 18.2 Å². The van der Waals surface area contributed by atoms with E-state index in [-0.39, 0.29) is 24.4 Å². The number of hydrogen-bond acceptors (Lipinski definition) is 3. The van der Waals surface area contributed by atoms with E-state index in [2.05, 4.69) is 5.32 Å². The molecule has 128 valence electrons. The summed E-state index contributed by atoms with van der Waals surface area (Å²) in [5.41, 5.74) is 2.27. The molecule has 0 saturated carbocycles. The molecule has 0 bridgehead atoms. The van der Waals surface area contributed by atoms with Crippen LogP contribution in [0.15, 0.2) is 24.3 Å². The smallest absolute Gasteiger partial charge is 0.224 e. The number of sulfonamides is 1. The Morgan fingerprint density at radius 3 is 2.57 bits per heavy atom. The topological polar surface area (TPSA) is 66.5 Å². The molecule has 0 radical (unpaired) electrons. The molecule has 1 saturated heterocycles. The van der Waals surface area contributed by atoms with Crippen LogP contribution in [0.5, 0.6) is 0 Å². The van der Waals surface area contributed by atoms with E-state index in [1.54, 1.807) is 0 Å². The summed E-state index contributed by atoms with van der Waals surface area (Å²) in [6.07, 6.45) is 3.47. The van der Waals surface area contributed by atoms with Gasteiger partial charge in [0.1, 0.15) is 0 Å². The van der Waals surface area contributed by atoms with Gasteiger partial charge in [0.25, 0.3) is 0 Å². The molecule has 1 aliphatic rings. The molecule has 1 aliphatic heterocycles. The molecule has 0 aromatic heterocycles. The van der Waals surface area contributed by atoms with Gasteiger partial charge in [-0.2, -0.15) is 0 Å². The Hall–Kier alpha value is -1.40. The molecule has 1 N–H and O–H groups in total. The number of carbonyl (C=O) groups excluding carboxylic acids is 1. The maximum absolute atomic E-state index is 12.5. The molecule has 6 heteroatoms. The number of hydrogen-bond donors (Lipinski definition) is 1. The van der Waals surface area contributed by atoms with Crippen LogP contribution in [0.2, 0.25) is 0 Å². The lowest BCUT2D eigenvalue weighted by molar-refractivity contribution is -0.126. The Kier molecular flexibility index (Phi) is 5.81. The second-order valence-electron chi connectivity index (χ2n) is 6.34. The number of aryl methyl sites for hydroxylation is 1. The summed E-state index contributed by atoms with van der Waals surface area (Å²) in [7, 11) is -3.23. The molecule has 1 aromatic rings. The lowest BCUT2D eigenvalue weighted by atomic mass is 9.97. The number of amides is 1. The zero-order valence-corrected chi connectivity index (χ0v) is 14.9. The number of benzene rings is 1. The first kappa shape index (κ1) is 17.9. The Morgan fingerprint density at radius 2 is 2.00 bits per heavy atom. The van der Waals surface area contributed by atoms with Gasteiger partial charge in [-0.25, -0.2) is 12.7 Å². The number of piperidine rings is 1. The van der Waals surface area contributed by atoms with Gasteiger partial charge < -0.3 is 5.32 Å². The molecule has 0 aliphatic carbocycles. The Labute approximate surface area is 139 Å². The fourth-order valence-electron chi connectivity index (χ4n) is 2.97. The fourth-order valence-corrected chi connectivity index (χ4v) is 3.88. The van der Waals surface area contributed by atoms with Crippen molar-refractivity contribution in [1.82, 2.24) is 9.62 Å². The van der Waals surface area contributed by atoms with Crippen molar-refractivity contribution in [3.8, 4) is 0 Å². The summed E-state index contributed by atoms with van der Waals surface area (Å²) >= 11 is 0. The van der Waals surface area contributed by atoms with Gasteiger partial charge in [0.2, 0.25) is 15.9 Å². The highest BCUT2D eigenvalue weighted by Gasteiger charge is 2.31. The van der Waals surface area contributed by atoms with Crippen LogP contribution >= 0.6 is 0 Å². The monoisotopic (exact) mass is 338 g/mol. The van der Waals surface area contributed by atoms with Crippen LogP contribution in [0, 0.1) is 12.8 Å². The van der Waals surface area contributed by atoms with Gasteiger partial charge in [-0.1, -0.05) is 36.8 Å². The normalized spacial score (nSPS) is 20.9. The SMILES string of the molecule is CC[C@H](NC(=O)[C@H]1CCCN(S(C)(=O)=O)C1)c1ccc(C)cc1. The Morgan fingerprint density at radius 1 is 1.35 bits per heavy atom. The van der Waals surface area contributed by atoms with Gasteiger partial charge in [0.15, 0.2) is 0 Å². The van der Waals surface area contributed by atoms with Crippen LogP contribution in [0.25, 0.3) is 0 Å². The molecule has 5 nitrogen and oxygen atoms in total. The van der Waals surface area contributed by atoms with Crippen LogP contribution in [0.3, 0.4) is 0 Å². The largest absolute Gasteiger partial charge is 0.349 e. The summed E-state index contributed by atoms with van der Waals surface area (Å²) in [6, 6.07) is 8.12. The first-order valence-corrected chi connectivity index (χ1v) is 9.98. The molecule has 1 fully saturated rings. The summed E-state index contributed by atoms with van der Waals surface area (Å²) < 4.78 is 24.8. The first-order chi connectivity index (χ1) is 10.8. The van der Waals surface area contributed by atoms with Crippen molar-refractivity contribution in [2.75, 3.05) is 19.3 Å². The van der Waals surface area contributed by atoms with E-state index in [9.17, 15) is 13.2 Å². The molecule has 23 heavy (non-hydrogen) atoms. The predicted octanol–water partition coefficient (Wildman–Crippen LogP) is 2.23. The summed E-state index contributed by atoms with van der Waals surface area (Å²) in [4.78, 5) is 12.5. The molecule has 2 rings (SSSR count). The molecular formula is C17H26N2O3S. The lowest BCUT2D eigenvalue weighted by Gasteiger charge is -2.31. The molecular weight excluding hydrogens is 312 g/mol. The van der Waals surface area contributed by atoms with Gasteiger partial charge in [-0.3, -0.25) is 4.79 Å². The highest BCUT2D eigenvalue weighted by molar-refractivity contribution is 7.88. The van der Waals surface area contributed by atoms with E-state index in [1.165, 1.54) is 16.1 Å². The fraction of sp³-hybridized carbons (Fsp3) is 0.588. The summed E-state index contributed by atoms with van der Waals surface area (Å²) in [5.74, 6) is -0.316. The lowest BCUT2D eigenvalue weighted by Crippen LogP contribution is -2.45. The van der Waals surface area contributed by atoms with Crippen LogP contribution in [0.1, 0.15) is 43.4 Å². The van der Waals surface area contributed by atoms with Crippen molar-refractivity contribution >= 4 is 15.9 Å². The van der Waals surface area contributed by atoms with Gasteiger partial charge >= 0.3 is 0 Å². The van der Waals surface area contributed by atoms with E-state index in [0.29, 0.717) is 6.54 Å². The van der Waals surface area contributed by atoms with Crippen LogP contribution in [-0.4, -0.2) is 38.0 Å². The summed E-state index contributed by atoms with van der Waals surface area (Å²) in [5, 5.41) is 3.08. The van der Waals surface area contributed by atoms with E-state index in [0.717, 1.165) is 24.8 Å². The van der Waals surface area contributed by atoms with Gasteiger partial charge in [0, 0.05) is 13.1 Å². The Bertz CT molecular complexity index is 640. The van der Waals surface area contributed by atoms with Gasteiger partial charge in [-0.15, -0.1) is 0 Å². The third-order valence-corrected chi connectivity index (χ3v) is 5.70. The highest BCUT2D eigenvalue weighted by Crippen LogP contribution is 2.22. The number of rotatable bonds is 5. The molecule has 1 heterocycles. The van der Waals surface area contributed by atoms with E-state index in [1.807, 2.05) is 38.1 Å². The van der Waals surface area contributed by atoms with Crippen molar-refractivity contribution in [1.29, 1.82) is 0 Å². The number of nitrogens with one attached hydrogen (secondary N) is 1. The maximum Gasteiger partial charge on any atom is 0.224 e. The van der Waals surface area contributed by atoms with Crippen molar-refractivity contribution in [3.63, 3.8) is 0 Å². The van der Waals surface area contributed by atoms with E-state index < -0.39 is 10.0 Å². The number of nitrogens with zero attached hydrogens (tertiary/aromatic N) is 1. The Balaban J connectivity index is 2.03. The molecule has 1 amide bonds. The van der Waals surface area contributed by atoms with Crippen molar-refractivity contribution in [2.45, 2.75) is 39.2 Å². The highest BCUT2D eigenvalue weighted by atomic mass is 32.2. The van der Waals surface area contributed by atoms with Crippen molar-refractivity contribution in [2.24, 2.45) is 5.92 Å². The van der Waals surface area contributed by atoms with E-state index in [4.69, 9.17) is 0 Å². The first-order valence-electron chi connectivity index (χ1n) is 8.13. The van der Waals surface area contributed by atoms with Gasteiger partial charge in [-0.05, 0) is 31.7 Å².